The second-order valence-electron chi connectivity index (χ2n) is 3.73. The van der Waals surface area contributed by atoms with E-state index in [1.54, 1.807) is 0 Å². The van der Waals surface area contributed by atoms with Crippen molar-refractivity contribution in [2.75, 3.05) is 17.3 Å². The number of carbonyl (C=O) groups is 1. The maximum atomic E-state index is 12.6. The molecule has 1 amide bonds. The van der Waals surface area contributed by atoms with Gasteiger partial charge in [-0.05, 0) is 30.6 Å². The fourth-order valence-electron chi connectivity index (χ4n) is 1.77. The van der Waals surface area contributed by atoms with Crippen LogP contribution in [0.3, 0.4) is 0 Å². The number of aryl methyl sites for hydroxylation is 1. The Hall–Kier alpha value is -2.43. The third kappa shape index (κ3) is 1.44. The zero-order valence-corrected chi connectivity index (χ0v) is 9.43. The molecule has 2 aromatic heterocycles. The number of carbonyl (C=O) groups excluding carboxylic acids is 1. The molecule has 18 heavy (non-hydrogen) atoms. The van der Waals surface area contributed by atoms with Gasteiger partial charge in [0.25, 0.3) is 5.91 Å². The number of nitrogens with one attached hydrogen (secondary N) is 1. The monoisotopic (exact) mass is 246 g/mol. The van der Waals surface area contributed by atoms with Gasteiger partial charge >= 0.3 is 0 Å². The van der Waals surface area contributed by atoms with Crippen molar-refractivity contribution in [3.05, 3.63) is 41.7 Å². The third-order valence-corrected chi connectivity index (χ3v) is 2.64. The smallest absolute Gasteiger partial charge is 0.259 e. The van der Waals surface area contributed by atoms with Gasteiger partial charge in [0, 0.05) is 23.5 Å². The molecule has 3 rings (SSSR count). The number of hydrogen-bond donors (Lipinski definition) is 1. The Morgan fingerprint density at radius 3 is 3.22 bits per heavy atom. The summed E-state index contributed by atoms with van der Waals surface area (Å²) in [7, 11) is 1.49. The molecule has 0 saturated heterocycles. The van der Waals surface area contributed by atoms with E-state index in [1.165, 1.54) is 24.2 Å². The van der Waals surface area contributed by atoms with Crippen molar-refractivity contribution in [2.45, 2.75) is 6.85 Å². The highest BCUT2D eigenvalue weighted by Gasteiger charge is 2.25. The minimum Gasteiger partial charge on any atom is -0.318 e. The quantitative estimate of drug-likeness (QED) is 0.773. The van der Waals surface area contributed by atoms with Gasteiger partial charge in [-0.3, -0.25) is 4.79 Å². The summed E-state index contributed by atoms with van der Waals surface area (Å²) in [5.41, 5.74) is -0.569. The molecule has 0 fully saturated rings. The highest BCUT2D eigenvalue weighted by Crippen LogP contribution is 2.35. The van der Waals surface area contributed by atoms with Crippen LogP contribution in [0, 0.1) is 6.85 Å². The van der Waals surface area contributed by atoms with E-state index >= 15 is 0 Å². The van der Waals surface area contributed by atoms with Crippen LogP contribution in [0.25, 0.3) is 0 Å². The number of rotatable bonds is 0. The fourth-order valence-corrected chi connectivity index (χ4v) is 1.77. The highest BCUT2D eigenvalue weighted by molar-refractivity contribution is 6.11. The van der Waals surface area contributed by atoms with E-state index in [2.05, 4.69) is 9.97 Å². The molecule has 0 aromatic carbocycles. The molecule has 5 nitrogen and oxygen atoms in total. The highest BCUT2D eigenvalue weighted by atomic mass is 16.1. The molecule has 2 aromatic rings. The van der Waals surface area contributed by atoms with E-state index in [0.717, 1.165) is 6.07 Å². The Labute approximate surface area is 113 Å². The summed E-state index contributed by atoms with van der Waals surface area (Å²) in [5, 5.41) is 0.426. The van der Waals surface area contributed by atoms with Gasteiger partial charge in [0.15, 0.2) is 7.23 Å². The van der Waals surface area contributed by atoms with Crippen LogP contribution in [-0.2, 0) is 0 Å². The van der Waals surface area contributed by atoms with Crippen molar-refractivity contribution in [3.63, 3.8) is 0 Å². The van der Waals surface area contributed by atoms with Crippen LogP contribution in [0.15, 0.2) is 30.5 Å². The van der Waals surface area contributed by atoms with Gasteiger partial charge in [-0.1, -0.05) is 0 Å². The van der Waals surface area contributed by atoms with Crippen LogP contribution in [0.4, 0.5) is 17.3 Å². The normalized spacial score (nSPS) is 19.5. The first-order valence-corrected chi connectivity index (χ1v) is 5.17. The second-order valence-corrected chi connectivity index (χ2v) is 3.73. The lowest BCUT2D eigenvalue weighted by atomic mass is 10.2. The molecule has 1 aliphatic heterocycles. The number of nitrogens with zero attached hydrogens (tertiary/aromatic N) is 3. The molecule has 90 valence electrons. The van der Waals surface area contributed by atoms with Crippen molar-refractivity contribution in [2.24, 2.45) is 0 Å². The Balaban J connectivity index is 2.37. The second kappa shape index (κ2) is 3.80. The molecule has 0 aliphatic carbocycles. The molecular formula is C13H12N4O. The van der Waals surface area contributed by atoms with Crippen molar-refractivity contribution >= 4 is 23.2 Å². The number of amides is 1. The largest absolute Gasteiger partial charge is 0.318 e. The molecule has 0 bridgehead atoms. The Kier molecular flexibility index (Phi) is 1.26. The van der Waals surface area contributed by atoms with Crippen LogP contribution in [0.5, 0.6) is 0 Å². The van der Waals surface area contributed by atoms with Gasteiger partial charge in [-0.15, -0.1) is 0 Å². The Bertz CT molecular complexity index is 853. The lowest BCUT2D eigenvalue weighted by Gasteiger charge is -2.18. The first-order valence-electron chi connectivity index (χ1n) is 8.12. The standard InChI is InChI=1S/C13H12N4O/c1-8-5-7-15-12-10(8)16-13(18)9-4-3-6-14-11(9)17(12)2/h3-7H,1-2H3,(H,16,18)/i1D3,4D,6D/hD. The molecule has 5 heteroatoms. The van der Waals surface area contributed by atoms with E-state index in [-0.39, 0.29) is 40.7 Å². The molecule has 0 radical (unpaired) electrons. The van der Waals surface area contributed by atoms with E-state index in [1.807, 2.05) is 0 Å². The van der Waals surface area contributed by atoms with E-state index in [0.29, 0.717) is 5.31 Å². The minimum absolute atomic E-state index is 0.0105. The van der Waals surface area contributed by atoms with Crippen LogP contribution in [0.1, 0.15) is 22.8 Å². The number of hydrogen-bond acceptors (Lipinski definition) is 4. The summed E-state index contributed by atoms with van der Waals surface area (Å²) < 4.78 is 46.6. The summed E-state index contributed by atoms with van der Waals surface area (Å²) in [5.74, 6) is -0.862. The van der Waals surface area contributed by atoms with E-state index in [9.17, 15) is 4.79 Å². The average Bonchev–Trinajstić information content (AvgIpc) is 2.57. The van der Waals surface area contributed by atoms with Gasteiger partial charge in [0.1, 0.15) is 5.82 Å². The molecule has 0 unspecified atom stereocenters. The topological polar surface area (TPSA) is 58.1 Å². The summed E-state index contributed by atoms with van der Waals surface area (Å²) in [4.78, 5) is 22.0. The fraction of sp³-hybridized carbons (Fsp3) is 0.154. The maximum Gasteiger partial charge on any atom is 0.259 e. The first kappa shape index (κ1) is 5.95. The van der Waals surface area contributed by atoms with Gasteiger partial charge in [0.2, 0.25) is 0 Å². The van der Waals surface area contributed by atoms with E-state index < -0.39 is 12.8 Å². The average molecular weight is 246 g/mol. The van der Waals surface area contributed by atoms with Crippen LogP contribution >= 0.6 is 0 Å². The van der Waals surface area contributed by atoms with Gasteiger partial charge in [0.05, 0.1) is 14.0 Å². The maximum absolute atomic E-state index is 12.6. The molecular weight excluding hydrogens is 228 g/mol. The molecule has 0 spiro atoms. The van der Waals surface area contributed by atoms with Gasteiger partial charge in [-0.25, -0.2) is 9.97 Å². The van der Waals surface area contributed by atoms with Gasteiger partial charge < -0.3 is 10.2 Å². The predicted molar refractivity (Wildman–Crippen MR) is 69.2 cm³/mol. The first-order chi connectivity index (χ1) is 11.1. The Morgan fingerprint density at radius 2 is 2.39 bits per heavy atom. The number of pyridine rings is 2. The van der Waals surface area contributed by atoms with Crippen molar-refractivity contribution in [3.8, 4) is 0 Å². The van der Waals surface area contributed by atoms with E-state index in [4.69, 9.17) is 8.27 Å². The third-order valence-electron chi connectivity index (χ3n) is 2.64. The van der Waals surface area contributed by atoms with Gasteiger partial charge in [-0.2, -0.15) is 0 Å². The molecule has 1 aliphatic rings. The van der Waals surface area contributed by atoms with Crippen molar-refractivity contribution in [1.82, 2.24) is 9.97 Å². The summed E-state index contributed by atoms with van der Waals surface area (Å²) in [6, 6.07) is 2.06. The molecule has 0 saturated carbocycles. The van der Waals surface area contributed by atoms with Crippen LogP contribution in [-0.4, -0.2) is 22.9 Å². The lowest BCUT2D eigenvalue weighted by Crippen LogP contribution is -2.14. The molecule has 0 atom stereocenters. The van der Waals surface area contributed by atoms with Crippen LogP contribution < -0.4 is 10.2 Å². The van der Waals surface area contributed by atoms with Crippen molar-refractivity contribution < 1.29 is 13.1 Å². The zero-order valence-electron chi connectivity index (χ0n) is 15.4. The molecule has 1 N–H and O–H groups in total. The number of fused-ring (bicyclic) bond motifs is 2. The Morgan fingerprint density at radius 1 is 1.50 bits per heavy atom. The van der Waals surface area contributed by atoms with Crippen molar-refractivity contribution in [1.29, 1.82) is 0 Å². The summed E-state index contributed by atoms with van der Waals surface area (Å²) in [6.45, 7) is -2.55. The SMILES string of the molecule is [2H]c1cc([2H])c2c(n1)N(C)c1nccc(C([2H])([2H])[2H])c1N([2H])C2=O. The molecule has 3 heterocycles. The zero-order chi connectivity index (χ0) is 17.8. The summed E-state index contributed by atoms with van der Waals surface area (Å²) >= 11 is 0. The minimum atomic E-state index is -2.55. The predicted octanol–water partition coefficient (Wildman–Crippen LogP) is 2.12. The lowest BCUT2D eigenvalue weighted by molar-refractivity contribution is 0.102. The number of aromatic nitrogens is 2. The number of anilines is 3. The van der Waals surface area contributed by atoms with Crippen LogP contribution in [0.2, 0.25) is 1.41 Å². The summed E-state index contributed by atoms with van der Waals surface area (Å²) in [6.07, 6.45) is 1.05.